The molecular weight excluding hydrogens is 344 g/mol. The molecule has 2 heterocycles. The van der Waals surface area contributed by atoms with Gasteiger partial charge in [-0.15, -0.1) is 0 Å². The Kier molecular flexibility index (Phi) is 4.72. The van der Waals surface area contributed by atoms with E-state index in [1.807, 2.05) is 23.9 Å². The SMILES string of the molecule is O=C(O)c1ccc(CN=C2Nc3ccccc3CC23CCSCC3)cc1. The quantitative estimate of drug-likeness (QED) is 0.842. The molecular formula is C21H22N2O2S. The van der Waals surface area contributed by atoms with Crippen molar-refractivity contribution in [3.63, 3.8) is 0 Å². The zero-order valence-corrected chi connectivity index (χ0v) is 15.4. The van der Waals surface area contributed by atoms with Crippen LogP contribution in [0, 0.1) is 5.41 Å². The van der Waals surface area contributed by atoms with Gasteiger partial charge in [-0.25, -0.2) is 4.79 Å². The smallest absolute Gasteiger partial charge is 0.335 e. The Bertz CT molecular complexity index is 839. The lowest BCUT2D eigenvalue weighted by molar-refractivity contribution is 0.0697. The van der Waals surface area contributed by atoms with Crippen LogP contribution < -0.4 is 5.32 Å². The number of nitrogens with zero attached hydrogens (tertiary/aromatic N) is 1. The Hall–Kier alpha value is -2.27. The second kappa shape index (κ2) is 7.16. The van der Waals surface area contributed by atoms with Gasteiger partial charge in [0.15, 0.2) is 0 Å². The molecule has 0 atom stereocenters. The van der Waals surface area contributed by atoms with E-state index in [1.54, 1.807) is 12.1 Å². The van der Waals surface area contributed by atoms with Gasteiger partial charge in [0, 0.05) is 11.1 Å². The molecule has 0 aromatic heterocycles. The van der Waals surface area contributed by atoms with Gasteiger partial charge in [0.2, 0.25) is 0 Å². The first-order valence-corrected chi connectivity index (χ1v) is 10.1. The summed E-state index contributed by atoms with van der Waals surface area (Å²) in [6.07, 6.45) is 3.35. The number of aromatic carboxylic acids is 1. The average molecular weight is 366 g/mol. The molecule has 134 valence electrons. The van der Waals surface area contributed by atoms with Gasteiger partial charge in [0.05, 0.1) is 12.1 Å². The van der Waals surface area contributed by atoms with Gasteiger partial charge in [-0.2, -0.15) is 11.8 Å². The molecule has 0 unspecified atom stereocenters. The summed E-state index contributed by atoms with van der Waals surface area (Å²) in [6, 6.07) is 15.5. The molecule has 0 amide bonds. The summed E-state index contributed by atoms with van der Waals surface area (Å²) in [5.74, 6) is 2.55. The molecule has 4 rings (SSSR count). The third-order valence-electron chi connectivity index (χ3n) is 5.37. The number of carboxylic acids is 1. The molecule has 1 saturated heterocycles. The highest BCUT2D eigenvalue weighted by molar-refractivity contribution is 7.99. The third-order valence-corrected chi connectivity index (χ3v) is 6.36. The molecule has 5 heteroatoms. The monoisotopic (exact) mass is 366 g/mol. The summed E-state index contributed by atoms with van der Waals surface area (Å²) in [4.78, 5) is 15.9. The summed E-state index contributed by atoms with van der Waals surface area (Å²) in [5, 5.41) is 12.6. The normalized spacial score (nSPS) is 19.8. The molecule has 2 N–H and O–H groups in total. The zero-order chi connectivity index (χ0) is 18.0. The number of carboxylic acid groups (broad SMARTS) is 1. The van der Waals surface area contributed by atoms with E-state index in [4.69, 9.17) is 10.1 Å². The van der Waals surface area contributed by atoms with Gasteiger partial charge < -0.3 is 10.4 Å². The molecule has 0 aliphatic carbocycles. The number of aliphatic imine (C=N–C) groups is 1. The molecule has 4 nitrogen and oxygen atoms in total. The maximum Gasteiger partial charge on any atom is 0.335 e. The first kappa shape index (κ1) is 17.2. The Morgan fingerprint density at radius 3 is 2.58 bits per heavy atom. The van der Waals surface area contributed by atoms with Crippen molar-refractivity contribution in [3.05, 3.63) is 65.2 Å². The predicted octanol–water partition coefficient (Wildman–Crippen LogP) is 4.46. The first-order chi connectivity index (χ1) is 12.7. The van der Waals surface area contributed by atoms with Gasteiger partial charge >= 0.3 is 5.97 Å². The van der Waals surface area contributed by atoms with E-state index < -0.39 is 5.97 Å². The number of fused-ring (bicyclic) bond motifs is 1. The Morgan fingerprint density at radius 1 is 1.12 bits per heavy atom. The minimum absolute atomic E-state index is 0.112. The standard InChI is InChI=1S/C21H22N2O2S/c24-19(25)16-7-5-15(6-8-16)14-22-20-21(9-11-26-12-10-21)13-17-3-1-2-4-18(17)23-20/h1-8H,9-14H2,(H,22,23)(H,24,25). The molecule has 1 fully saturated rings. The molecule has 26 heavy (non-hydrogen) atoms. The van der Waals surface area contributed by atoms with Crippen LogP contribution in [0.5, 0.6) is 0 Å². The molecule has 2 aromatic carbocycles. The zero-order valence-electron chi connectivity index (χ0n) is 14.6. The minimum Gasteiger partial charge on any atom is -0.478 e. The van der Waals surface area contributed by atoms with E-state index in [0.29, 0.717) is 12.1 Å². The van der Waals surface area contributed by atoms with Gasteiger partial charge in [0.1, 0.15) is 5.84 Å². The van der Waals surface area contributed by atoms with Crippen LogP contribution in [-0.2, 0) is 13.0 Å². The van der Waals surface area contributed by atoms with Crippen molar-refractivity contribution in [1.82, 2.24) is 0 Å². The molecule has 1 spiro atoms. The second-order valence-electron chi connectivity index (χ2n) is 7.02. The number of hydrogen-bond donors (Lipinski definition) is 2. The number of hydrogen-bond acceptors (Lipinski definition) is 3. The highest BCUT2D eigenvalue weighted by Gasteiger charge is 2.41. The van der Waals surface area contributed by atoms with Crippen LogP contribution in [0.1, 0.15) is 34.3 Å². The molecule has 2 aromatic rings. The summed E-state index contributed by atoms with van der Waals surface area (Å²) >= 11 is 2.03. The molecule has 2 aliphatic rings. The highest BCUT2D eigenvalue weighted by atomic mass is 32.2. The van der Waals surface area contributed by atoms with Crippen molar-refractivity contribution in [3.8, 4) is 0 Å². The number of thioether (sulfide) groups is 1. The summed E-state index contributed by atoms with van der Waals surface area (Å²) in [7, 11) is 0. The van der Waals surface area contributed by atoms with Crippen molar-refractivity contribution in [2.45, 2.75) is 25.8 Å². The fourth-order valence-electron chi connectivity index (χ4n) is 3.81. The Balaban J connectivity index is 1.61. The van der Waals surface area contributed by atoms with Crippen LogP contribution in [0.2, 0.25) is 0 Å². The van der Waals surface area contributed by atoms with Crippen LogP contribution in [0.15, 0.2) is 53.5 Å². The topological polar surface area (TPSA) is 61.7 Å². The van der Waals surface area contributed by atoms with Crippen LogP contribution in [-0.4, -0.2) is 28.4 Å². The van der Waals surface area contributed by atoms with Crippen LogP contribution in [0.4, 0.5) is 5.69 Å². The van der Waals surface area contributed by atoms with Crippen LogP contribution in [0.3, 0.4) is 0 Å². The number of anilines is 1. The van der Waals surface area contributed by atoms with Crippen LogP contribution >= 0.6 is 11.8 Å². The first-order valence-electron chi connectivity index (χ1n) is 8.96. The highest BCUT2D eigenvalue weighted by Crippen LogP contribution is 2.44. The second-order valence-corrected chi connectivity index (χ2v) is 8.24. The maximum atomic E-state index is 11.0. The van der Waals surface area contributed by atoms with Crippen molar-refractivity contribution >= 4 is 29.3 Å². The number of carbonyl (C=O) groups is 1. The molecule has 0 radical (unpaired) electrons. The average Bonchev–Trinajstić information content (AvgIpc) is 2.67. The van der Waals surface area contributed by atoms with Gasteiger partial charge in [0.25, 0.3) is 0 Å². The molecule has 0 bridgehead atoms. The lowest BCUT2D eigenvalue weighted by Crippen LogP contribution is -2.44. The van der Waals surface area contributed by atoms with Gasteiger partial charge in [-0.1, -0.05) is 30.3 Å². The lowest BCUT2D eigenvalue weighted by atomic mass is 9.73. The van der Waals surface area contributed by atoms with Gasteiger partial charge in [-0.05, 0) is 60.1 Å². The third kappa shape index (κ3) is 3.36. The maximum absolute atomic E-state index is 11.0. The van der Waals surface area contributed by atoms with Crippen molar-refractivity contribution in [1.29, 1.82) is 0 Å². The Labute approximate surface area is 157 Å². The predicted molar refractivity (Wildman–Crippen MR) is 107 cm³/mol. The fourth-order valence-corrected chi connectivity index (χ4v) is 5.09. The van der Waals surface area contributed by atoms with E-state index in [0.717, 1.165) is 36.3 Å². The van der Waals surface area contributed by atoms with E-state index >= 15 is 0 Å². The molecule has 0 saturated carbocycles. The molecule has 2 aliphatic heterocycles. The fraction of sp³-hybridized carbons (Fsp3) is 0.333. The van der Waals surface area contributed by atoms with E-state index in [1.165, 1.54) is 17.1 Å². The number of amidine groups is 1. The van der Waals surface area contributed by atoms with E-state index in [-0.39, 0.29) is 5.41 Å². The van der Waals surface area contributed by atoms with E-state index in [9.17, 15) is 4.79 Å². The Morgan fingerprint density at radius 2 is 1.85 bits per heavy atom. The summed E-state index contributed by atoms with van der Waals surface area (Å²) in [5.41, 5.74) is 4.00. The van der Waals surface area contributed by atoms with Crippen molar-refractivity contribution < 1.29 is 9.90 Å². The van der Waals surface area contributed by atoms with E-state index in [2.05, 4.69) is 29.6 Å². The largest absolute Gasteiger partial charge is 0.478 e. The van der Waals surface area contributed by atoms with Crippen LogP contribution in [0.25, 0.3) is 0 Å². The minimum atomic E-state index is -0.896. The van der Waals surface area contributed by atoms with Crippen molar-refractivity contribution in [2.75, 3.05) is 16.8 Å². The lowest BCUT2D eigenvalue weighted by Gasteiger charge is -2.42. The van der Waals surface area contributed by atoms with Crippen molar-refractivity contribution in [2.24, 2.45) is 10.4 Å². The summed E-state index contributed by atoms with van der Waals surface area (Å²) in [6.45, 7) is 0.569. The summed E-state index contributed by atoms with van der Waals surface area (Å²) < 4.78 is 0. The number of nitrogens with one attached hydrogen (secondary N) is 1. The number of benzene rings is 2. The number of para-hydroxylation sites is 1. The number of rotatable bonds is 3. The van der Waals surface area contributed by atoms with Gasteiger partial charge in [-0.3, -0.25) is 4.99 Å².